The minimum absolute atomic E-state index is 0.504. The third-order valence-electron chi connectivity index (χ3n) is 1.56. The third kappa shape index (κ3) is 1.19. The van der Waals surface area contributed by atoms with Gasteiger partial charge in [-0.2, -0.15) is 0 Å². The maximum Gasteiger partial charge on any atom is 0.136 e. The Bertz CT molecular complexity index is 323. The van der Waals surface area contributed by atoms with E-state index in [0.29, 0.717) is 15.9 Å². The lowest BCUT2D eigenvalue weighted by atomic mass is 10.2. The zero-order valence-electron chi connectivity index (χ0n) is 5.97. The summed E-state index contributed by atoms with van der Waals surface area (Å²) in [5, 5.41) is 0. The molecule has 0 saturated carbocycles. The van der Waals surface area contributed by atoms with Crippen LogP contribution in [0.4, 0.5) is 0 Å². The summed E-state index contributed by atoms with van der Waals surface area (Å²) in [6, 6.07) is 1.95. The van der Waals surface area contributed by atoms with Crippen LogP contribution in [0.3, 0.4) is 0 Å². The molecular weight excluding hydrogens is 146 g/mol. The molecule has 1 aromatic rings. The first-order valence-electron chi connectivity index (χ1n) is 3.03. The van der Waals surface area contributed by atoms with Crippen LogP contribution in [0, 0.1) is 18.5 Å². The number of aromatic amines is 1. The van der Waals surface area contributed by atoms with Gasteiger partial charge >= 0.3 is 0 Å². The van der Waals surface area contributed by atoms with Gasteiger partial charge in [0.15, 0.2) is 0 Å². The smallest absolute Gasteiger partial charge is 0.136 e. The summed E-state index contributed by atoms with van der Waals surface area (Å²) >= 11 is 0.504. The van der Waals surface area contributed by atoms with E-state index in [0.717, 1.165) is 11.1 Å². The first-order valence-corrected chi connectivity index (χ1v) is 3.77. The van der Waals surface area contributed by atoms with E-state index in [9.17, 15) is 4.21 Å². The maximum absolute atomic E-state index is 10.4. The number of aryl methyl sites for hydroxylation is 1. The van der Waals surface area contributed by atoms with Crippen LogP contribution in [0.1, 0.15) is 11.1 Å². The van der Waals surface area contributed by atoms with Gasteiger partial charge in [0.1, 0.15) is 15.9 Å². The molecule has 10 heavy (non-hydrogen) atoms. The summed E-state index contributed by atoms with van der Waals surface area (Å²) < 4.78 is 11.1. The molecule has 0 atom stereocenters. The predicted octanol–water partition coefficient (Wildman–Crippen LogP) is 1.38. The summed E-state index contributed by atoms with van der Waals surface area (Å²) in [6.07, 6.45) is 1.78. The van der Waals surface area contributed by atoms with E-state index in [1.807, 2.05) is 19.9 Å². The van der Waals surface area contributed by atoms with Gasteiger partial charge in [-0.05, 0) is 31.0 Å². The molecule has 0 bridgehead atoms. The monoisotopic (exact) mass is 155 g/mol. The molecule has 1 aromatic heterocycles. The second-order valence-corrected chi connectivity index (χ2v) is 2.77. The van der Waals surface area contributed by atoms with Crippen molar-refractivity contribution in [3.05, 3.63) is 28.0 Å². The SMILES string of the molecule is Cc1cc[nH]c(=S=O)c1C. The number of hydrogen-bond acceptors (Lipinski definition) is 1. The lowest BCUT2D eigenvalue weighted by molar-refractivity contribution is 0.699. The van der Waals surface area contributed by atoms with Crippen LogP contribution in [-0.4, -0.2) is 9.19 Å². The fourth-order valence-corrected chi connectivity index (χ4v) is 1.14. The minimum Gasteiger partial charge on any atom is -0.351 e. The van der Waals surface area contributed by atoms with Gasteiger partial charge in [-0.25, -0.2) is 4.21 Å². The Morgan fingerprint density at radius 2 is 2.20 bits per heavy atom. The van der Waals surface area contributed by atoms with Crippen LogP contribution >= 0.6 is 0 Å². The van der Waals surface area contributed by atoms with E-state index in [2.05, 4.69) is 4.98 Å². The first kappa shape index (κ1) is 7.28. The number of aromatic nitrogens is 1. The van der Waals surface area contributed by atoms with Crippen molar-refractivity contribution < 1.29 is 4.21 Å². The van der Waals surface area contributed by atoms with Gasteiger partial charge in [-0.3, -0.25) is 0 Å². The number of pyridine rings is 1. The van der Waals surface area contributed by atoms with Crippen LogP contribution in [0.15, 0.2) is 12.3 Å². The molecule has 3 heteroatoms. The van der Waals surface area contributed by atoms with E-state index in [-0.39, 0.29) is 0 Å². The molecule has 0 aliphatic rings. The molecule has 1 N–H and O–H groups in total. The zero-order chi connectivity index (χ0) is 7.56. The summed E-state index contributed by atoms with van der Waals surface area (Å²) in [5.74, 6) is 0. The van der Waals surface area contributed by atoms with Gasteiger partial charge in [0.25, 0.3) is 0 Å². The highest BCUT2D eigenvalue weighted by Gasteiger charge is 1.91. The van der Waals surface area contributed by atoms with Crippen molar-refractivity contribution in [2.24, 2.45) is 0 Å². The highest BCUT2D eigenvalue weighted by Crippen LogP contribution is 2.02. The van der Waals surface area contributed by atoms with Gasteiger partial charge < -0.3 is 4.98 Å². The standard InChI is InChI=1S/C7H9NOS/c1-5-3-4-8-7(10-9)6(5)2/h3-4,8H,1-2H3. The lowest BCUT2D eigenvalue weighted by Crippen LogP contribution is -1.85. The van der Waals surface area contributed by atoms with Gasteiger partial charge in [0.05, 0.1) is 0 Å². The molecule has 0 fully saturated rings. The van der Waals surface area contributed by atoms with Gasteiger partial charge in [0, 0.05) is 6.20 Å². The summed E-state index contributed by atoms with van der Waals surface area (Å²) in [5.41, 5.74) is 2.19. The van der Waals surface area contributed by atoms with Crippen molar-refractivity contribution in [1.82, 2.24) is 4.98 Å². The molecule has 0 amide bonds. The molecule has 0 saturated heterocycles. The Kier molecular flexibility index (Phi) is 2.06. The highest BCUT2D eigenvalue weighted by molar-refractivity contribution is 7.56. The Morgan fingerprint density at radius 1 is 1.50 bits per heavy atom. The second-order valence-electron chi connectivity index (χ2n) is 2.20. The van der Waals surface area contributed by atoms with E-state index >= 15 is 0 Å². The van der Waals surface area contributed by atoms with Crippen molar-refractivity contribution in [2.75, 3.05) is 0 Å². The summed E-state index contributed by atoms with van der Waals surface area (Å²) in [7, 11) is 0. The average Bonchev–Trinajstić information content (AvgIpc) is 1.95. The molecule has 54 valence electrons. The van der Waals surface area contributed by atoms with Gasteiger partial charge in [-0.15, -0.1) is 0 Å². The molecule has 0 aliphatic carbocycles. The van der Waals surface area contributed by atoms with Crippen molar-refractivity contribution in [3.8, 4) is 0 Å². The zero-order valence-corrected chi connectivity index (χ0v) is 6.79. The molecule has 0 aliphatic heterocycles. The summed E-state index contributed by atoms with van der Waals surface area (Å²) in [6.45, 7) is 3.93. The average molecular weight is 155 g/mol. The molecule has 0 aromatic carbocycles. The third-order valence-corrected chi connectivity index (χ3v) is 2.15. The van der Waals surface area contributed by atoms with E-state index < -0.39 is 0 Å². The second kappa shape index (κ2) is 2.84. The predicted molar refractivity (Wildman–Crippen MR) is 41.7 cm³/mol. The van der Waals surface area contributed by atoms with Crippen molar-refractivity contribution >= 4 is 11.3 Å². The summed E-state index contributed by atoms with van der Waals surface area (Å²) in [4.78, 5) is 2.88. The Labute approximate surface area is 63.0 Å². The Morgan fingerprint density at radius 3 is 2.70 bits per heavy atom. The molecule has 0 unspecified atom stereocenters. The Balaban J connectivity index is 3.58. The van der Waals surface area contributed by atoms with E-state index in [1.165, 1.54) is 0 Å². The number of rotatable bonds is 0. The number of nitrogens with one attached hydrogen (secondary N) is 1. The minimum atomic E-state index is 0.504. The molecule has 1 heterocycles. The van der Waals surface area contributed by atoms with Crippen LogP contribution in [0.25, 0.3) is 0 Å². The fourth-order valence-electron chi connectivity index (χ4n) is 0.741. The number of hydrogen-bond donors (Lipinski definition) is 1. The van der Waals surface area contributed by atoms with Crippen LogP contribution in [0.2, 0.25) is 0 Å². The largest absolute Gasteiger partial charge is 0.351 e. The van der Waals surface area contributed by atoms with Crippen LogP contribution in [-0.2, 0) is 11.3 Å². The highest BCUT2D eigenvalue weighted by atomic mass is 32.1. The molecule has 1 rings (SSSR count). The fraction of sp³-hybridized carbons (Fsp3) is 0.286. The maximum atomic E-state index is 10.4. The molecule has 0 radical (unpaired) electrons. The Hall–Kier alpha value is -0.830. The topological polar surface area (TPSA) is 32.9 Å². The first-order chi connectivity index (χ1) is 4.75. The van der Waals surface area contributed by atoms with Crippen LogP contribution in [0.5, 0.6) is 0 Å². The van der Waals surface area contributed by atoms with Gasteiger partial charge in [-0.1, -0.05) is 0 Å². The van der Waals surface area contributed by atoms with Crippen molar-refractivity contribution in [3.63, 3.8) is 0 Å². The van der Waals surface area contributed by atoms with Crippen molar-refractivity contribution in [2.45, 2.75) is 13.8 Å². The molecular formula is C7H9NOS. The molecule has 0 spiro atoms. The van der Waals surface area contributed by atoms with Gasteiger partial charge in [0.2, 0.25) is 0 Å². The normalized spacial score (nSPS) is 9.40. The number of H-pyrrole nitrogens is 1. The van der Waals surface area contributed by atoms with Crippen molar-refractivity contribution in [1.29, 1.82) is 0 Å². The van der Waals surface area contributed by atoms with E-state index in [1.54, 1.807) is 6.20 Å². The quantitative estimate of drug-likeness (QED) is 0.564. The van der Waals surface area contributed by atoms with E-state index in [4.69, 9.17) is 0 Å². The lowest BCUT2D eigenvalue weighted by Gasteiger charge is -1.95. The van der Waals surface area contributed by atoms with Crippen LogP contribution < -0.4 is 0 Å². The molecule has 2 nitrogen and oxygen atoms in total.